The first-order valence-corrected chi connectivity index (χ1v) is 8.90. The molecule has 0 unspecified atom stereocenters. The molecular weight excluding hydrogens is 360 g/mol. The molecule has 0 aliphatic rings. The molecule has 134 valence electrons. The van der Waals surface area contributed by atoms with Crippen LogP contribution >= 0.6 is 0 Å². The Labute approximate surface area is 147 Å². The zero-order valence-corrected chi connectivity index (χ0v) is 14.3. The molecule has 4 N–H and O–H groups in total. The summed E-state index contributed by atoms with van der Waals surface area (Å²) in [5, 5.41) is 6.88. The molecule has 26 heavy (non-hydrogen) atoms. The second-order valence-electron chi connectivity index (χ2n) is 5.45. The second-order valence-corrected chi connectivity index (χ2v) is 7.13. The number of fused-ring (bicyclic) bond motifs is 1. The zero-order valence-electron chi connectivity index (χ0n) is 13.5. The van der Waals surface area contributed by atoms with Gasteiger partial charge < -0.3 is 5.32 Å². The van der Waals surface area contributed by atoms with Crippen LogP contribution in [0.3, 0.4) is 0 Å². The van der Waals surface area contributed by atoms with Crippen LogP contribution in [-0.4, -0.2) is 24.5 Å². The Morgan fingerprint density at radius 1 is 0.962 bits per heavy atom. The molecule has 0 aliphatic carbocycles. The third-order valence-corrected chi connectivity index (χ3v) is 4.94. The van der Waals surface area contributed by atoms with Gasteiger partial charge in [-0.3, -0.25) is 29.3 Å². The zero-order chi connectivity index (χ0) is 18.9. The van der Waals surface area contributed by atoms with Crippen molar-refractivity contribution in [2.75, 3.05) is 10.0 Å². The average molecular weight is 374 g/mol. The molecule has 1 amide bonds. The number of hydrogen-bond acceptors (Lipinski definition) is 5. The van der Waals surface area contributed by atoms with Crippen molar-refractivity contribution in [3.63, 3.8) is 0 Å². The minimum atomic E-state index is -4.01. The third kappa shape index (κ3) is 3.35. The predicted molar refractivity (Wildman–Crippen MR) is 96.7 cm³/mol. The van der Waals surface area contributed by atoms with Gasteiger partial charge in [-0.2, -0.15) is 0 Å². The monoisotopic (exact) mass is 374 g/mol. The number of H-pyrrole nitrogens is 2. The van der Waals surface area contributed by atoms with E-state index >= 15 is 0 Å². The lowest BCUT2D eigenvalue weighted by Crippen LogP contribution is -2.21. The molecule has 0 fully saturated rings. The molecule has 3 rings (SSSR count). The second kappa shape index (κ2) is 6.48. The summed E-state index contributed by atoms with van der Waals surface area (Å²) in [5.41, 5.74) is -0.732. The third-order valence-electron chi connectivity index (χ3n) is 3.56. The van der Waals surface area contributed by atoms with E-state index in [1.54, 1.807) is 0 Å². The molecule has 2 aromatic carbocycles. The van der Waals surface area contributed by atoms with Gasteiger partial charge in [0, 0.05) is 12.6 Å². The van der Waals surface area contributed by atoms with E-state index in [2.05, 4.69) is 20.2 Å². The Balaban J connectivity index is 2.02. The SMILES string of the molecule is CC(=O)Nc1ccc(S(=O)(=O)Nc2cccc3c(=O)[nH][nH]c(=O)c23)cc1. The molecule has 1 aromatic heterocycles. The average Bonchev–Trinajstić information content (AvgIpc) is 2.58. The minimum absolute atomic E-state index is 0.0132. The molecule has 0 saturated carbocycles. The standard InChI is InChI=1S/C16H14N4O5S/c1-9(21)17-10-5-7-11(8-6-10)26(24,25)20-13-4-2-3-12-14(13)16(23)19-18-15(12)22/h2-8,20H,1H3,(H,17,21)(H,18,22)(H,19,23). The number of amides is 1. The van der Waals surface area contributed by atoms with E-state index in [0.717, 1.165) is 0 Å². The lowest BCUT2D eigenvalue weighted by atomic mass is 10.2. The number of aromatic amines is 2. The van der Waals surface area contributed by atoms with Gasteiger partial charge in [0.05, 0.1) is 21.4 Å². The van der Waals surface area contributed by atoms with Gasteiger partial charge in [-0.25, -0.2) is 8.42 Å². The van der Waals surface area contributed by atoms with Crippen LogP contribution in [0.4, 0.5) is 11.4 Å². The highest BCUT2D eigenvalue weighted by molar-refractivity contribution is 7.92. The van der Waals surface area contributed by atoms with Gasteiger partial charge in [0.1, 0.15) is 0 Å². The fraction of sp³-hybridized carbons (Fsp3) is 0.0625. The van der Waals surface area contributed by atoms with Crippen LogP contribution in [0.2, 0.25) is 0 Å². The van der Waals surface area contributed by atoms with E-state index in [9.17, 15) is 22.8 Å². The van der Waals surface area contributed by atoms with Crippen LogP contribution in [0.25, 0.3) is 10.8 Å². The molecule has 0 radical (unpaired) electrons. The van der Waals surface area contributed by atoms with Crippen molar-refractivity contribution in [1.29, 1.82) is 0 Å². The van der Waals surface area contributed by atoms with Crippen LogP contribution in [0.15, 0.2) is 56.9 Å². The molecule has 10 heteroatoms. The molecule has 0 saturated heterocycles. The Kier molecular flexibility index (Phi) is 4.34. The van der Waals surface area contributed by atoms with Crippen LogP contribution in [-0.2, 0) is 14.8 Å². The molecular formula is C16H14N4O5S. The van der Waals surface area contributed by atoms with Crippen LogP contribution in [0.5, 0.6) is 0 Å². The van der Waals surface area contributed by atoms with Gasteiger partial charge in [-0.05, 0) is 36.4 Å². The van der Waals surface area contributed by atoms with Gasteiger partial charge >= 0.3 is 0 Å². The van der Waals surface area contributed by atoms with Crippen molar-refractivity contribution >= 4 is 38.1 Å². The van der Waals surface area contributed by atoms with Gasteiger partial charge in [-0.15, -0.1) is 0 Å². The number of rotatable bonds is 4. The van der Waals surface area contributed by atoms with Gasteiger partial charge in [0.25, 0.3) is 21.1 Å². The number of hydrogen-bond donors (Lipinski definition) is 4. The first-order valence-electron chi connectivity index (χ1n) is 7.42. The topological polar surface area (TPSA) is 141 Å². The van der Waals surface area contributed by atoms with Crippen molar-refractivity contribution in [1.82, 2.24) is 10.2 Å². The first kappa shape index (κ1) is 17.4. The number of carbonyl (C=O) groups excluding carboxylic acids is 1. The number of aromatic nitrogens is 2. The largest absolute Gasteiger partial charge is 0.326 e. The molecule has 9 nitrogen and oxygen atoms in total. The van der Waals surface area contributed by atoms with Crippen LogP contribution in [0.1, 0.15) is 6.92 Å². The van der Waals surface area contributed by atoms with Crippen molar-refractivity contribution < 1.29 is 13.2 Å². The summed E-state index contributed by atoms with van der Waals surface area (Å²) in [6.45, 7) is 1.34. The van der Waals surface area contributed by atoms with Crippen molar-refractivity contribution in [2.24, 2.45) is 0 Å². The Bertz CT molecular complexity index is 1210. The highest BCUT2D eigenvalue weighted by atomic mass is 32.2. The summed E-state index contributed by atoms with van der Waals surface area (Å²) in [6.07, 6.45) is 0. The lowest BCUT2D eigenvalue weighted by molar-refractivity contribution is -0.114. The smallest absolute Gasteiger partial charge is 0.272 e. The Morgan fingerprint density at radius 2 is 1.62 bits per heavy atom. The molecule has 0 atom stereocenters. The van der Waals surface area contributed by atoms with E-state index in [1.165, 1.54) is 49.4 Å². The summed E-state index contributed by atoms with van der Waals surface area (Å²) in [7, 11) is -4.01. The van der Waals surface area contributed by atoms with Crippen molar-refractivity contribution in [2.45, 2.75) is 11.8 Å². The highest BCUT2D eigenvalue weighted by Crippen LogP contribution is 2.22. The maximum atomic E-state index is 12.6. The number of anilines is 2. The predicted octanol–water partition coefficient (Wildman–Crippen LogP) is 0.976. The van der Waals surface area contributed by atoms with Gasteiger partial charge in [-0.1, -0.05) is 6.07 Å². The quantitative estimate of drug-likeness (QED) is 0.539. The summed E-state index contributed by atoms with van der Waals surface area (Å²) in [6, 6.07) is 9.79. The summed E-state index contributed by atoms with van der Waals surface area (Å²) in [4.78, 5) is 34.8. The highest BCUT2D eigenvalue weighted by Gasteiger charge is 2.17. The van der Waals surface area contributed by atoms with Crippen molar-refractivity contribution in [3.05, 3.63) is 63.2 Å². The fourth-order valence-corrected chi connectivity index (χ4v) is 3.51. The minimum Gasteiger partial charge on any atom is -0.326 e. The fourth-order valence-electron chi connectivity index (χ4n) is 2.44. The van der Waals surface area contributed by atoms with E-state index in [1.807, 2.05) is 0 Å². The molecule has 0 aliphatic heterocycles. The Morgan fingerprint density at radius 3 is 2.27 bits per heavy atom. The molecule has 1 heterocycles. The Hall–Kier alpha value is -3.40. The maximum Gasteiger partial charge on any atom is 0.272 e. The summed E-state index contributed by atoms with van der Waals surface area (Å²) < 4.78 is 27.5. The lowest BCUT2D eigenvalue weighted by Gasteiger charge is -2.10. The summed E-state index contributed by atoms with van der Waals surface area (Å²) in [5.74, 6) is -0.279. The number of carbonyl (C=O) groups is 1. The van der Waals surface area contributed by atoms with E-state index in [4.69, 9.17) is 0 Å². The normalized spacial score (nSPS) is 11.3. The molecule has 3 aromatic rings. The van der Waals surface area contributed by atoms with E-state index < -0.39 is 21.1 Å². The van der Waals surface area contributed by atoms with Crippen LogP contribution < -0.4 is 21.2 Å². The maximum absolute atomic E-state index is 12.6. The molecule has 0 bridgehead atoms. The number of sulfonamides is 1. The summed E-state index contributed by atoms with van der Waals surface area (Å²) >= 11 is 0. The van der Waals surface area contributed by atoms with Crippen LogP contribution in [0, 0.1) is 0 Å². The van der Waals surface area contributed by atoms with Gasteiger partial charge in [0.15, 0.2) is 0 Å². The number of benzene rings is 2. The number of nitrogens with one attached hydrogen (secondary N) is 4. The first-order chi connectivity index (χ1) is 12.3. The van der Waals surface area contributed by atoms with Crippen molar-refractivity contribution in [3.8, 4) is 0 Å². The van der Waals surface area contributed by atoms with Gasteiger partial charge in [0.2, 0.25) is 5.91 Å². The van der Waals surface area contributed by atoms with E-state index in [0.29, 0.717) is 5.69 Å². The van der Waals surface area contributed by atoms with E-state index in [-0.39, 0.29) is 27.3 Å². The molecule has 0 spiro atoms.